The number of rotatable bonds is 4. The van der Waals surface area contributed by atoms with Gasteiger partial charge in [0.15, 0.2) is 5.82 Å². The van der Waals surface area contributed by atoms with Crippen molar-refractivity contribution >= 4 is 17.5 Å². The van der Waals surface area contributed by atoms with Crippen LogP contribution in [0.5, 0.6) is 0 Å². The average molecular weight is 354 g/mol. The van der Waals surface area contributed by atoms with Gasteiger partial charge in [0.2, 0.25) is 5.89 Å². The molecule has 2 heterocycles. The quantitative estimate of drug-likeness (QED) is 0.719. The van der Waals surface area contributed by atoms with E-state index in [4.69, 9.17) is 16.1 Å². The second kappa shape index (κ2) is 6.69. The molecule has 1 fully saturated rings. The third kappa shape index (κ3) is 3.42. The number of benzene rings is 2. The smallest absolute Gasteiger partial charge is 0.253 e. The second-order valence-electron chi connectivity index (χ2n) is 6.13. The molecule has 25 heavy (non-hydrogen) atoms. The summed E-state index contributed by atoms with van der Waals surface area (Å²) in [5.41, 5.74) is 1.78. The molecule has 0 bridgehead atoms. The summed E-state index contributed by atoms with van der Waals surface area (Å²) in [6.45, 7) is 1.18. The third-order valence-corrected chi connectivity index (χ3v) is 4.55. The SMILES string of the molecule is O=C(c1ccc(Cl)cc1)N1CC(c2nc(Cc3ccccc3)no2)C1. The van der Waals surface area contributed by atoms with Crippen molar-refractivity contribution in [2.45, 2.75) is 12.3 Å². The van der Waals surface area contributed by atoms with Crippen molar-refractivity contribution < 1.29 is 9.32 Å². The van der Waals surface area contributed by atoms with Crippen LogP contribution in [0.1, 0.15) is 33.6 Å². The van der Waals surface area contributed by atoms with E-state index >= 15 is 0 Å². The van der Waals surface area contributed by atoms with Crippen molar-refractivity contribution in [1.82, 2.24) is 15.0 Å². The van der Waals surface area contributed by atoms with Gasteiger partial charge in [-0.25, -0.2) is 0 Å². The van der Waals surface area contributed by atoms with E-state index in [2.05, 4.69) is 10.1 Å². The Kier molecular flexibility index (Phi) is 4.24. The van der Waals surface area contributed by atoms with Gasteiger partial charge >= 0.3 is 0 Å². The standard InChI is InChI=1S/C19H16ClN3O2/c20-16-8-6-14(7-9-16)19(24)23-11-15(12-23)18-21-17(22-25-18)10-13-4-2-1-3-5-13/h1-9,15H,10-12H2. The molecule has 0 N–H and O–H groups in total. The topological polar surface area (TPSA) is 59.2 Å². The summed E-state index contributed by atoms with van der Waals surface area (Å²) in [5.74, 6) is 1.37. The fraction of sp³-hybridized carbons (Fsp3) is 0.211. The van der Waals surface area contributed by atoms with Crippen LogP contribution in [0, 0.1) is 0 Å². The molecule has 1 aliphatic heterocycles. The molecular weight excluding hydrogens is 338 g/mol. The molecule has 6 heteroatoms. The predicted molar refractivity (Wildman–Crippen MR) is 93.6 cm³/mol. The van der Waals surface area contributed by atoms with Crippen molar-refractivity contribution in [3.05, 3.63) is 82.5 Å². The monoisotopic (exact) mass is 353 g/mol. The lowest BCUT2D eigenvalue weighted by Gasteiger charge is -2.37. The van der Waals surface area contributed by atoms with Gasteiger partial charge in [0.05, 0.1) is 5.92 Å². The van der Waals surface area contributed by atoms with Crippen LogP contribution in [0.4, 0.5) is 0 Å². The fourth-order valence-electron chi connectivity index (χ4n) is 2.86. The number of likely N-dealkylation sites (tertiary alicyclic amines) is 1. The minimum atomic E-state index is -0.00283. The van der Waals surface area contributed by atoms with Gasteiger partial charge < -0.3 is 9.42 Å². The second-order valence-corrected chi connectivity index (χ2v) is 6.56. The van der Waals surface area contributed by atoms with Crippen LogP contribution in [-0.2, 0) is 6.42 Å². The zero-order valence-corrected chi connectivity index (χ0v) is 14.2. The Morgan fingerprint density at radius 1 is 1.12 bits per heavy atom. The van der Waals surface area contributed by atoms with E-state index in [1.807, 2.05) is 30.3 Å². The van der Waals surface area contributed by atoms with Gasteiger partial charge in [-0.2, -0.15) is 4.98 Å². The molecule has 1 saturated heterocycles. The Morgan fingerprint density at radius 3 is 2.56 bits per heavy atom. The first-order valence-electron chi connectivity index (χ1n) is 8.10. The van der Waals surface area contributed by atoms with E-state index in [0.717, 1.165) is 5.56 Å². The van der Waals surface area contributed by atoms with Crippen LogP contribution in [0.3, 0.4) is 0 Å². The van der Waals surface area contributed by atoms with Crippen molar-refractivity contribution in [1.29, 1.82) is 0 Å². The Hall–Kier alpha value is -2.66. The summed E-state index contributed by atoms with van der Waals surface area (Å²) in [6, 6.07) is 16.9. The van der Waals surface area contributed by atoms with Crippen LogP contribution in [0.15, 0.2) is 59.1 Å². The number of carbonyl (C=O) groups is 1. The van der Waals surface area contributed by atoms with Gasteiger partial charge in [-0.15, -0.1) is 0 Å². The van der Waals surface area contributed by atoms with Gasteiger partial charge in [0.25, 0.3) is 5.91 Å². The molecule has 1 amide bonds. The molecule has 2 aromatic carbocycles. The van der Waals surface area contributed by atoms with Crippen LogP contribution >= 0.6 is 11.6 Å². The molecule has 0 saturated carbocycles. The van der Waals surface area contributed by atoms with Crippen molar-refractivity contribution in [3.8, 4) is 0 Å². The van der Waals surface area contributed by atoms with Crippen LogP contribution < -0.4 is 0 Å². The lowest BCUT2D eigenvalue weighted by molar-refractivity contribution is 0.0569. The number of hydrogen-bond donors (Lipinski definition) is 0. The summed E-state index contributed by atoms with van der Waals surface area (Å²) in [5, 5.41) is 4.67. The first-order chi connectivity index (χ1) is 12.2. The maximum Gasteiger partial charge on any atom is 0.253 e. The van der Waals surface area contributed by atoms with Crippen LogP contribution in [0.25, 0.3) is 0 Å². The van der Waals surface area contributed by atoms with Gasteiger partial charge in [-0.1, -0.05) is 47.1 Å². The maximum atomic E-state index is 12.4. The molecule has 126 valence electrons. The molecule has 0 radical (unpaired) electrons. The maximum absolute atomic E-state index is 12.4. The highest BCUT2D eigenvalue weighted by Crippen LogP contribution is 2.27. The van der Waals surface area contributed by atoms with E-state index in [1.165, 1.54) is 0 Å². The van der Waals surface area contributed by atoms with Gasteiger partial charge in [0.1, 0.15) is 0 Å². The number of hydrogen-bond acceptors (Lipinski definition) is 4. The molecule has 0 atom stereocenters. The Bertz CT molecular complexity index is 871. The fourth-order valence-corrected chi connectivity index (χ4v) is 2.99. The molecule has 3 aromatic rings. The third-order valence-electron chi connectivity index (χ3n) is 4.30. The molecule has 1 aliphatic rings. The lowest BCUT2D eigenvalue weighted by atomic mass is 9.98. The molecular formula is C19H16ClN3O2. The highest BCUT2D eigenvalue weighted by Gasteiger charge is 2.35. The van der Waals surface area contributed by atoms with E-state index in [1.54, 1.807) is 29.2 Å². The number of halogens is 1. The predicted octanol–water partition coefficient (Wildman–Crippen LogP) is 3.55. The normalized spacial score (nSPS) is 14.4. The summed E-state index contributed by atoms with van der Waals surface area (Å²) >= 11 is 5.85. The first-order valence-corrected chi connectivity index (χ1v) is 8.48. The van der Waals surface area contributed by atoms with Crippen molar-refractivity contribution in [2.75, 3.05) is 13.1 Å². The molecule has 0 spiro atoms. The Balaban J connectivity index is 1.36. The highest BCUT2D eigenvalue weighted by molar-refractivity contribution is 6.30. The van der Waals surface area contributed by atoms with Crippen molar-refractivity contribution in [3.63, 3.8) is 0 Å². The summed E-state index contributed by atoms with van der Waals surface area (Å²) in [6.07, 6.45) is 0.643. The van der Waals surface area contributed by atoms with E-state index in [9.17, 15) is 4.79 Å². The van der Waals surface area contributed by atoms with Gasteiger partial charge in [0, 0.05) is 30.1 Å². The number of nitrogens with zero attached hydrogens (tertiary/aromatic N) is 3. The van der Waals surface area contributed by atoms with E-state index in [0.29, 0.717) is 41.8 Å². The molecule has 1 aromatic heterocycles. The molecule has 5 nitrogen and oxygen atoms in total. The Morgan fingerprint density at radius 2 is 1.84 bits per heavy atom. The van der Waals surface area contributed by atoms with Crippen LogP contribution in [0.2, 0.25) is 5.02 Å². The van der Waals surface area contributed by atoms with Gasteiger partial charge in [-0.05, 0) is 29.8 Å². The molecule has 4 rings (SSSR count). The first kappa shape index (κ1) is 15.8. The number of carbonyl (C=O) groups excluding carboxylic acids is 1. The minimum Gasteiger partial charge on any atom is -0.339 e. The van der Waals surface area contributed by atoms with Gasteiger partial charge in [-0.3, -0.25) is 4.79 Å². The minimum absolute atomic E-state index is 0.00283. The van der Waals surface area contributed by atoms with E-state index in [-0.39, 0.29) is 11.8 Å². The lowest BCUT2D eigenvalue weighted by Crippen LogP contribution is -2.48. The largest absolute Gasteiger partial charge is 0.339 e. The summed E-state index contributed by atoms with van der Waals surface area (Å²) < 4.78 is 5.37. The molecule has 0 unspecified atom stereocenters. The summed E-state index contributed by atoms with van der Waals surface area (Å²) in [7, 11) is 0. The zero-order valence-electron chi connectivity index (χ0n) is 13.4. The molecule has 0 aliphatic carbocycles. The van der Waals surface area contributed by atoms with E-state index < -0.39 is 0 Å². The summed E-state index contributed by atoms with van der Waals surface area (Å²) in [4.78, 5) is 18.6. The highest BCUT2D eigenvalue weighted by atomic mass is 35.5. The van der Waals surface area contributed by atoms with Crippen molar-refractivity contribution in [2.24, 2.45) is 0 Å². The zero-order chi connectivity index (χ0) is 17.2. The number of amides is 1. The average Bonchev–Trinajstić information content (AvgIpc) is 3.03. The Labute approximate surface area is 150 Å². The number of aromatic nitrogens is 2. The van der Waals surface area contributed by atoms with Crippen LogP contribution in [-0.4, -0.2) is 34.0 Å².